The molecule has 0 aliphatic heterocycles. The summed E-state index contributed by atoms with van der Waals surface area (Å²) in [6.45, 7) is 5.62. The van der Waals surface area contributed by atoms with Gasteiger partial charge in [-0.2, -0.15) is 0 Å². The van der Waals surface area contributed by atoms with Gasteiger partial charge in [-0.15, -0.1) is 0 Å². The second kappa shape index (κ2) is 5.22. The van der Waals surface area contributed by atoms with E-state index in [4.69, 9.17) is 0 Å². The number of nitrogens with zero attached hydrogens (tertiary/aromatic N) is 2. The normalized spacial score (nSPS) is 12.6. The summed E-state index contributed by atoms with van der Waals surface area (Å²) in [6, 6.07) is 5.58. The Morgan fingerprint density at radius 1 is 1.37 bits per heavy atom. The van der Waals surface area contributed by atoms with Crippen molar-refractivity contribution in [3.8, 4) is 11.4 Å². The van der Waals surface area contributed by atoms with Crippen LogP contribution in [-0.4, -0.2) is 26.0 Å². The first-order valence-corrected chi connectivity index (χ1v) is 6.21. The Morgan fingerprint density at radius 3 is 2.63 bits per heavy atom. The van der Waals surface area contributed by atoms with Crippen molar-refractivity contribution >= 4 is 5.97 Å². The molecule has 1 unspecified atom stereocenters. The minimum atomic E-state index is -0.865. The maximum atomic E-state index is 11.3. The van der Waals surface area contributed by atoms with Gasteiger partial charge in [0.15, 0.2) is 0 Å². The average molecular weight is 259 g/mol. The fraction of sp³-hybridized carbons (Fsp3) is 0.357. The molecule has 2 aromatic heterocycles. The molecule has 0 amide bonds. The molecule has 2 rings (SSSR count). The van der Waals surface area contributed by atoms with E-state index in [-0.39, 0.29) is 5.92 Å². The van der Waals surface area contributed by atoms with E-state index in [0.29, 0.717) is 11.5 Å². The molecule has 2 aromatic rings. The Hall–Kier alpha value is -2.17. The number of H-pyrrole nitrogens is 1. The van der Waals surface area contributed by atoms with Crippen molar-refractivity contribution in [1.29, 1.82) is 0 Å². The Morgan fingerprint density at radius 2 is 2.11 bits per heavy atom. The van der Waals surface area contributed by atoms with Gasteiger partial charge in [-0.1, -0.05) is 19.9 Å². The van der Waals surface area contributed by atoms with Crippen LogP contribution in [0.25, 0.3) is 11.4 Å². The number of rotatable bonds is 4. The molecule has 2 heterocycles. The van der Waals surface area contributed by atoms with Crippen molar-refractivity contribution in [2.45, 2.75) is 26.7 Å². The highest BCUT2D eigenvalue weighted by Crippen LogP contribution is 2.26. The number of hydrogen-bond donors (Lipinski definition) is 2. The molecule has 100 valence electrons. The minimum Gasteiger partial charge on any atom is -0.481 e. The van der Waals surface area contributed by atoms with E-state index in [9.17, 15) is 9.90 Å². The quantitative estimate of drug-likeness (QED) is 0.884. The van der Waals surface area contributed by atoms with E-state index in [1.807, 2.05) is 39.0 Å². The molecular formula is C14H17N3O2. The molecule has 0 spiro atoms. The number of aromatic amines is 1. The maximum absolute atomic E-state index is 11.3. The third-order valence-corrected chi connectivity index (χ3v) is 3.04. The molecule has 1 atom stereocenters. The SMILES string of the molecule is Cc1[nH]c(C(C(=O)O)C(C)C)nc1-c1ccccn1. The summed E-state index contributed by atoms with van der Waals surface area (Å²) < 4.78 is 0. The molecule has 0 fully saturated rings. The third kappa shape index (κ3) is 2.65. The minimum absolute atomic E-state index is 0.0281. The molecule has 0 radical (unpaired) electrons. The van der Waals surface area contributed by atoms with Crippen LogP contribution in [-0.2, 0) is 4.79 Å². The number of pyridine rings is 1. The maximum Gasteiger partial charge on any atom is 0.314 e. The van der Waals surface area contributed by atoms with Gasteiger partial charge >= 0.3 is 5.97 Å². The number of aromatic nitrogens is 3. The van der Waals surface area contributed by atoms with Crippen LogP contribution in [0, 0.1) is 12.8 Å². The first-order chi connectivity index (χ1) is 9.00. The van der Waals surface area contributed by atoms with Crippen molar-refractivity contribution < 1.29 is 9.90 Å². The summed E-state index contributed by atoms with van der Waals surface area (Å²) in [5.74, 6) is -1.03. The monoisotopic (exact) mass is 259 g/mol. The molecule has 19 heavy (non-hydrogen) atoms. The van der Waals surface area contributed by atoms with Crippen LogP contribution >= 0.6 is 0 Å². The Labute approximate surface area is 111 Å². The molecule has 0 bridgehead atoms. The van der Waals surface area contributed by atoms with Gasteiger partial charge in [-0.3, -0.25) is 9.78 Å². The topological polar surface area (TPSA) is 78.9 Å². The molecule has 5 nitrogen and oxygen atoms in total. The van der Waals surface area contributed by atoms with Gasteiger partial charge in [0.05, 0.1) is 5.69 Å². The Kier molecular flexibility index (Phi) is 3.64. The van der Waals surface area contributed by atoms with E-state index in [1.165, 1.54) is 0 Å². The highest BCUT2D eigenvalue weighted by atomic mass is 16.4. The first-order valence-electron chi connectivity index (χ1n) is 6.21. The zero-order valence-electron chi connectivity index (χ0n) is 11.2. The number of aryl methyl sites for hydroxylation is 1. The molecule has 0 saturated carbocycles. The summed E-state index contributed by atoms with van der Waals surface area (Å²) in [6.07, 6.45) is 1.69. The zero-order chi connectivity index (χ0) is 14.0. The van der Waals surface area contributed by atoms with Crippen LogP contribution < -0.4 is 0 Å². The van der Waals surface area contributed by atoms with E-state index in [2.05, 4.69) is 15.0 Å². The van der Waals surface area contributed by atoms with E-state index >= 15 is 0 Å². The second-order valence-corrected chi connectivity index (χ2v) is 4.87. The number of nitrogens with one attached hydrogen (secondary N) is 1. The average Bonchev–Trinajstić information content (AvgIpc) is 2.71. The van der Waals surface area contributed by atoms with Crippen molar-refractivity contribution in [2.75, 3.05) is 0 Å². The summed E-state index contributed by atoms with van der Waals surface area (Å²) in [5.41, 5.74) is 2.29. The van der Waals surface area contributed by atoms with E-state index in [1.54, 1.807) is 6.20 Å². The van der Waals surface area contributed by atoms with Gasteiger partial charge in [0, 0.05) is 11.9 Å². The number of carboxylic acid groups (broad SMARTS) is 1. The lowest BCUT2D eigenvalue weighted by Gasteiger charge is -2.12. The van der Waals surface area contributed by atoms with Crippen molar-refractivity contribution in [1.82, 2.24) is 15.0 Å². The molecule has 0 saturated heterocycles. The Bertz CT molecular complexity index is 576. The van der Waals surface area contributed by atoms with Gasteiger partial charge < -0.3 is 10.1 Å². The molecule has 2 N–H and O–H groups in total. The van der Waals surface area contributed by atoms with Gasteiger partial charge in [-0.05, 0) is 25.0 Å². The standard InChI is InChI=1S/C14H17N3O2/c1-8(2)11(14(18)19)13-16-9(3)12(17-13)10-6-4-5-7-15-10/h4-8,11H,1-3H3,(H,16,17)(H,18,19). The smallest absolute Gasteiger partial charge is 0.314 e. The van der Waals surface area contributed by atoms with Crippen LogP contribution in [0.3, 0.4) is 0 Å². The second-order valence-electron chi connectivity index (χ2n) is 4.87. The number of hydrogen-bond acceptors (Lipinski definition) is 3. The van der Waals surface area contributed by atoms with Gasteiger partial charge in [0.25, 0.3) is 0 Å². The number of imidazole rings is 1. The molecule has 0 aliphatic carbocycles. The summed E-state index contributed by atoms with van der Waals surface area (Å²) in [5, 5.41) is 9.29. The Balaban J connectivity index is 2.44. The van der Waals surface area contributed by atoms with Crippen molar-refractivity contribution in [3.05, 3.63) is 35.9 Å². The van der Waals surface area contributed by atoms with Crippen molar-refractivity contribution in [2.24, 2.45) is 5.92 Å². The lowest BCUT2D eigenvalue weighted by molar-refractivity contribution is -0.140. The van der Waals surface area contributed by atoms with Gasteiger partial charge in [-0.25, -0.2) is 4.98 Å². The number of carboxylic acids is 1. The zero-order valence-corrected chi connectivity index (χ0v) is 11.2. The lowest BCUT2D eigenvalue weighted by atomic mass is 9.95. The predicted molar refractivity (Wildman–Crippen MR) is 71.8 cm³/mol. The summed E-state index contributed by atoms with van der Waals surface area (Å²) in [7, 11) is 0. The summed E-state index contributed by atoms with van der Waals surface area (Å²) >= 11 is 0. The fourth-order valence-corrected chi connectivity index (χ4v) is 2.10. The molecule has 0 aliphatic rings. The van der Waals surface area contributed by atoms with Crippen LogP contribution in [0.4, 0.5) is 0 Å². The van der Waals surface area contributed by atoms with E-state index < -0.39 is 11.9 Å². The highest BCUT2D eigenvalue weighted by molar-refractivity contribution is 5.75. The van der Waals surface area contributed by atoms with Crippen molar-refractivity contribution in [3.63, 3.8) is 0 Å². The number of carbonyl (C=O) groups is 1. The molecule has 5 heteroatoms. The van der Waals surface area contributed by atoms with Gasteiger partial charge in [0.1, 0.15) is 17.4 Å². The van der Waals surface area contributed by atoms with Crippen LogP contribution in [0.15, 0.2) is 24.4 Å². The van der Waals surface area contributed by atoms with Crippen LogP contribution in [0.5, 0.6) is 0 Å². The van der Waals surface area contributed by atoms with Crippen LogP contribution in [0.1, 0.15) is 31.3 Å². The first kappa shape index (κ1) is 13.3. The number of aliphatic carboxylic acids is 1. The molecule has 0 aromatic carbocycles. The van der Waals surface area contributed by atoms with E-state index in [0.717, 1.165) is 11.4 Å². The fourth-order valence-electron chi connectivity index (χ4n) is 2.10. The highest BCUT2D eigenvalue weighted by Gasteiger charge is 2.27. The summed E-state index contributed by atoms with van der Waals surface area (Å²) in [4.78, 5) is 23.1. The lowest BCUT2D eigenvalue weighted by Crippen LogP contribution is -2.18. The molecular weight excluding hydrogens is 242 g/mol. The predicted octanol–water partition coefficient (Wildman–Crippen LogP) is 2.60. The van der Waals surface area contributed by atoms with Crippen LogP contribution in [0.2, 0.25) is 0 Å². The third-order valence-electron chi connectivity index (χ3n) is 3.04. The largest absolute Gasteiger partial charge is 0.481 e. The van der Waals surface area contributed by atoms with Gasteiger partial charge in [0.2, 0.25) is 0 Å².